The summed E-state index contributed by atoms with van der Waals surface area (Å²) in [6.45, 7) is 2.85. The Kier molecular flexibility index (Phi) is 4.32. The van der Waals surface area contributed by atoms with Gasteiger partial charge in [-0.25, -0.2) is 4.39 Å². The SMILES string of the molecule is COc1cc(N2CCCC(c3nc(C)no3)C2)c([N+](=O)[O-])cc1F. The van der Waals surface area contributed by atoms with E-state index in [1.54, 1.807) is 6.92 Å². The second-order valence-electron chi connectivity index (χ2n) is 5.70. The molecule has 3 rings (SSSR count). The van der Waals surface area contributed by atoms with E-state index in [9.17, 15) is 14.5 Å². The van der Waals surface area contributed by atoms with Crippen molar-refractivity contribution in [2.75, 3.05) is 25.1 Å². The molecule has 0 bridgehead atoms. The highest BCUT2D eigenvalue weighted by atomic mass is 19.1. The van der Waals surface area contributed by atoms with Crippen LogP contribution in [0.25, 0.3) is 0 Å². The van der Waals surface area contributed by atoms with Crippen LogP contribution in [0.2, 0.25) is 0 Å². The molecule has 24 heavy (non-hydrogen) atoms. The quantitative estimate of drug-likeness (QED) is 0.626. The van der Waals surface area contributed by atoms with Crippen molar-refractivity contribution < 1.29 is 18.6 Å². The summed E-state index contributed by atoms with van der Waals surface area (Å²) >= 11 is 0. The Bertz CT molecular complexity index is 764. The summed E-state index contributed by atoms with van der Waals surface area (Å²) in [5.74, 6) is 0.279. The summed E-state index contributed by atoms with van der Waals surface area (Å²) in [5.41, 5.74) is 0.0508. The molecule has 0 amide bonds. The number of aromatic nitrogens is 2. The second-order valence-corrected chi connectivity index (χ2v) is 5.70. The van der Waals surface area contributed by atoms with E-state index >= 15 is 0 Å². The first kappa shape index (κ1) is 16.2. The predicted molar refractivity (Wildman–Crippen MR) is 82.8 cm³/mol. The van der Waals surface area contributed by atoms with E-state index < -0.39 is 10.7 Å². The fourth-order valence-corrected chi connectivity index (χ4v) is 2.96. The van der Waals surface area contributed by atoms with Crippen LogP contribution in [-0.4, -0.2) is 35.3 Å². The van der Waals surface area contributed by atoms with E-state index in [1.165, 1.54) is 13.2 Å². The molecule has 0 radical (unpaired) electrons. The number of anilines is 1. The van der Waals surface area contributed by atoms with Gasteiger partial charge in [0.05, 0.1) is 24.0 Å². The normalized spacial score (nSPS) is 17.8. The van der Waals surface area contributed by atoms with E-state index in [1.807, 2.05) is 4.90 Å². The second kappa shape index (κ2) is 6.42. The third-order valence-electron chi connectivity index (χ3n) is 4.10. The number of rotatable bonds is 4. The lowest BCUT2D eigenvalue weighted by Crippen LogP contribution is -2.35. The molecule has 1 aromatic carbocycles. The van der Waals surface area contributed by atoms with Crippen LogP contribution in [0.5, 0.6) is 5.75 Å². The summed E-state index contributed by atoms with van der Waals surface area (Å²) < 4.78 is 24.0. The Hall–Kier alpha value is -2.71. The molecule has 128 valence electrons. The van der Waals surface area contributed by atoms with Gasteiger partial charge in [0.2, 0.25) is 5.89 Å². The van der Waals surface area contributed by atoms with Gasteiger partial charge in [0.1, 0.15) is 5.69 Å². The largest absolute Gasteiger partial charge is 0.494 e. The first-order chi connectivity index (χ1) is 11.5. The number of hydrogen-bond acceptors (Lipinski definition) is 7. The Morgan fingerprint density at radius 1 is 1.50 bits per heavy atom. The van der Waals surface area contributed by atoms with Crippen molar-refractivity contribution in [3.05, 3.63) is 39.8 Å². The zero-order valence-corrected chi connectivity index (χ0v) is 13.4. The molecule has 0 N–H and O–H groups in total. The van der Waals surface area contributed by atoms with Crippen molar-refractivity contribution in [1.29, 1.82) is 0 Å². The van der Waals surface area contributed by atoms with Crippen LogP contribution in [0, 0.1) is 22.9 Å². The lowest BCUT2D eigenvalue weighted by atomic mass is 9.97. The topological polar surface area (TPSA) is 94.5 Å². The molecule has 0 aliphatic carbocycles. The van der Waals surface area contributed by atoms with Crippen molar-refractivity contribution >= 4 is 11.4 Å². The Morgan fingerprint density at radius 2 is 2.29 bits per heavy atom. The monoisotopic (exact) mass is 336 g/mol. The van der Waals surface area contributed by atoms with E-state index in [2.05, 4.69) is 10.1 Å². The summed E-state index contributed by atoms with van der Waals surface area (Å²) in [4.78, 5) is 16.8. The van der Waals surface area contributed by atoms with Crippen LogP contribution in [-0.2, 0) is 0 Å². The van der Waals surface area contributed by atoms with Gasteiger partial charge in [-0.15, -0.1) is 0 Å². The molecule has 1 fully saturated rings. The highest BCUT2D eigenvalue weighted by Crippen LogP contribution is 2.38. The zero-order valence-electron chi connectivity index (χ0n) is 13.4. The van der Waals surface area contributed by atoms with Crippen LogP contribution in [0.15, 0.2) is 16.7 Å². The average Bonchev–Trinajstić information content (AvgIpc) is 3.01. The molecule has 0 saturated carbocycles. The van der Waals surface area contributed by atoms with Gasteiger partial charge in [0, 0.05) is 19.2 Å². The lowest BCUT2D eigenvalue weighted by molar-refractivity contribution is -0.384. The molecular weight excluding hydrogens is 319 g/mol. The van der Waals surface area contributed by atoms with Crippen LogP contribution in [0.1, 0.15) is 30.5 Å². The first-order valence-electron chi connectivity index (χ1n) is 7.56. The number of piperidine rings is 1. The standard InChI is InChI=1S/C15H17FN4O4/c1-9-17-15(24-18-9)10-4-3-5-19(8-10)12-7-14(23-2)11(16)6-13(12)20(21)22/h6-7,10H,3-5,8H2,1-2H3. The molecule has 1 aliphatic heterocycles. The van der Waals surface area contributed by atoms with Crippen molar-refractivity contribution in [1.82, 2.24) is 10.1 Å². The molecule has 2 aromatic rings. The predicted octanol–water partition coefficient (Wildman–Crippen LogP) is 2.82. The van der Waals surface area contributed by atoms with Crippen molar-refractivity contribution in [2.45, 2.75) is 25.7 Å². The van der Waals surface area contributed by atoms with Gasteiger partial charge in [-0.2, -0.15) is 4.98 Å². The summed E-state index contributed by atoms with van der Waals surface area (Å²) in [6, 6.07) is 2.27. The maximum absolute atomic E-state index is 13.8. The van der Waals surface area contributed by atoms with Gasteiger partial charge >= 0.3 is 0 Å². The highest BCUT2D eigenvalue weighted by molar-refractivity contribution is 5.66. The van der Waals surface area contributed by atoms with E-state index in [4.69, 9.17) is 9.26 Å². The molecule has 1 unspecified atom stereocenters. The molecule has 9 heteroatoms. The number of halogens is 1. The molecular formula is C15H17FN4O4. The third kappa shape index (κ3) is 3.01. The van der Waals surface area contributed by atoms with Crippen LogP contribution >= 0.6 is 0 Å². The first-order valence-corrected chi connectivity index (χ1v) is 7.56. The summed E-state index contributed by atoms with van der Waals surface area (Å²) in [5, 5.41) is 15.1. The van der Waals surface area contributed by atoms with Gasteiger partial charge in [-0.05, 0) is 19.8 Å². The van der Waals surface area contributed by atoms with Crippen LogP contribution in [0.3, 0.4) is 0 Å². The van der Waals surface area contributed by atoms with E-state index in [0.717, 1.165) is 18.9 Å². The van der Waals surface area contributed by atoms with Crippen molar-refractivity contribution in [2.24, 2.45) is 0 Å². The Morgan fingerprint density at radius 3 is 2.92 bits per heavy atom. The molecule has 1 aromatic heterocycles. The molecule has 8 nitrogen and oxygen atoms in total. The smallest absolute Gasteiger partial charge is 0.295 e. The maximum atomic E-state index is 13.8. The summed E-state index contributed by atoms with van der Waals surface area (Å²) in [6.07, 6.45) is 1.66. The molecule has 2 heterocycles. The number of aryl methyl sites for hydroxylation is 1. The van der Waals surface area contributed by atoms with Crippen molar-refractivity contribution in [3.63, 3.8) is 0 Å². The fraction of sp³-hybridized carbons (Fsp3) is 0.467. The number of nitrogens with zero attached hydrogens (tertiary/aromatic N) is 4. The minimum absolute atomic E-state index is 0.0180. The Labute approximate surface area is 137 Å². The van der Waals surface area contributed by atoms with Gasteiger partial charge in [-0.1, -0.05) is 5.16 Å². The average molecular weight is 336 g/mol. The van der Waals surface area contributed by atoms with Gasteiger partial charge in [-0.3, -0.25) is 10.1 Å². The fourth-order valence-electron chi connectivity index (χ4n) is 2.96. The van der Waals surface area contributed by atoms with Gasteiger partial charge in [0.25, 0.3) is 5.69 Å². The van der Waals surface area contributed by atoms with Gasteiger partial charge < -0.3 is 14.2 Å². The molecule has 1 aliphatic rings. The Balaban J connectivity index is 1.94. The van der Waals surface area contributed by atoms with Crippen LogP contribution < -0.4 is 9.64 Å². The van der Waals surface area contributed by atoms with Crippen molar-refractivity contribution in [3.8, 4) is 5.75 Å². The van der Waals surface area contributed by atoms with Crippen LogP contribution in [0.4, 0.5) is 15.8 Å². The number of nitro groups is 1. The zero-order chi connectivity index (χ0) is 17.3. The highest BCUT2D eigenvalue weighted by Gasteiger charge is 2.30. The maximum Gasteiger partial charge on any atom is 0.295 e. The number of methoxy groups -OCH3 is 1. The lowest BCUT2D eigenvalue weighted by Gasteiger charge is -2.32. The number of nitro benzene ring substituents is 1. The summed E-state index contributed by atoms with van der Waals surface area (Å²) in [7, 11) is 1.33. The molecule has 1 saturated heterocycles. The number of benzene rings is 1. The number of ether oxygens (including phenoxy) is 1. The van der Waals surface area contributed by atoms with E-state index in [-0.39, 0.29) is 17.4 Å². The third-order valence-corrected chi connectivity index (χ3v) is 4.10. The molecule has 0 spiro atoms. The van der Waals surface area contributed by atoms with Gasteiger partial charge in [0.15, 0.2) is 17.4 Å². The minimum atomic E-state index is -0.756. The number of hydrogen-bond donors (Lipinski definition) is 0. The van der Waals surface area contributed by atoms with E-state index in [0.29, 0.717) is 30.5 Å². The minimum Gasteiger partial charge on any atom is -0.494 e. The molecule has 1 atom stereocenters.